The number of rotatable bonds is 6. The third kappa shape index (κ3) is 2.06. The lowest BCUT2D eigenvalue weighted by molar-refractivity contribution is -0.260. The van der Waals surface area contributed by atoms with Gasteiger partial charge in [0.15, 0.2) is 6.61 Å². The predicted molar refractivity (Wildman–Crippen MR) is 76.8 cm³/mol. The predicted octanol–water partition coefficient (Wildman–Crippen LogP) is 1.38. The van der Waals surface area contributed by atoms with Crippen LogP contribution in [-0.2, 0) is 29.2 Å². The van der Waals surface area contributed by atoms with Gasteiger partial charge >= 0.3 is 27.3 Å². The van der Waals surface area contributed by atoms with Gasteiger partial charge in [0.25, 0.3) is 0 Å². The Hall–Kier alpha value is -1.29. The normalized spacial score (nSPS) is 40.7. The number of alkyl halides is 2. The molecule has 0 aromatic rings. The summed E-state index contributed by atoms with van der Waals surface area (Å²) < 4.78 is 64.3. The number of carbonyl (C=O) groups is 2. The van der Waals surface area contributed by atoms with E-state index in [0.717, 1.165) is 12.8 Å². The molecule has 0 aromatic carbocycles. The van der Waals surface area contributed by atoms with E-state index in [9.17, 15) is 26.8 Å². The van der Waals surface area contributed by atoms with E-state index < -0.39 is 33.9 Å². The number of ether oxygens (including phenoxy) is 2. The molecule has 0 aliphatic heterocycles. The molecule has 0 aromatic heterocycles. The van der Waals surface area contributed by atoms with Crippen molar-refractivity contribution in [2.75, 3.05) is 13.2 Å². The molecule has 0 amide bonds. The first-order valence-corrected chi connectivity index (χ1v) is 9.63. The second-order valence-corrected chi connectivity index (χ2v) is 9.36. The summed E-state index contributed by atoms with van der Waals surface area (Å²) in [6, 6.07) is 0. The van der Waals surface area contributed by atoms with Crippen LogP contribution in [0.25, 0.3) is 0 Å². The molecule has 25 heavy (non-hydrogen) atoms. The van der Waals surface area contributed by atoms with Gasteiger partial charge < -0.3 is 9.47 Å². The Labute approximate surface area is 142 Å². The Kier molecular flexibility index (Phi) is 3.36. The molecular weight excluding hydrogens is 362 g/mol. The van der Waals surface area contributed by atoms with Crippen molar-refractivity contribution < 1.29 is 40.8 Å². The molecule has 1 N–H and O–H groups in total. The van der Waals surface area contributed by atoms with Crippen molar-refractivity contribution >= 4 is 22.1 Å². The van der Waals surface area contributed by atoms with Crippen LogP contribution in [0.5, 0.6) is 0 Å². The number of hydrogen-bond acceptors (Lipinski definition) is 6. The van der Waals surface area contributed by atoms with Gasteiger partial charge in [-0.1, -0.05) is 0 Å². The largest absolute Gasteiger partial charge is 0.465 e. The van der Waals surface area contributed by atoms with Crippen molar-refractivity contribution in [1.82, 2.24) is 0 Å². The van der Waals surface area contributed by atoms with Crippen LogP contribution in [0.2, 0.25) is 0 Å². The van der Waals surface area contributed by atoms with Gasteiger partial charge in [0.05, 0.1) is 6.61 Å². The van der Waals surface area contributed by atoms with Crippen molar-refractivity contribution in [3.63, 3.8) is 0 Å². The topological polar surface area (TPSA) is 107 Å². The van der Waals surface area contributed by atoms with Crippen LogP contribution >= 0.6 is 0 Å². The molecule has 4 fully saturated rings. The van der Waals surface area contributed by atoms with Gasteiger partial charge in [-0.15, -0.1) is 0 Å². The van der Waals surface area contributed by atoms with Gasteiger partial charge in [0.2, 0.25) is 0 Å². The zero-order valence-corrected chi connectivity index (χ0v) is 14.1. The SMILES string of the molecule is O=C(COC(=O)C(F)(F)S(=O)(=O)O)OCC12CC3CC4C[C@@H](C1)C42C3. The zero-order valence-electron chi connectivity index (χ0n) is 13.2. The van der Waals surface area contributed by atoms with Crippen LogP contribution in [0.15, 0.2) is 0 Å². The fourth-order valence-electron chi connectivity index (χ4n) is 6.23. The molecule has 4 aliphatic carbocycles. The first kappa shape index (κ1) is 17.1. The standard InChI is InChI=1S/C15H18F2O7S/c16-15(17,25(20,21)22)12(19)23-6-11(18)24-7-13-3-8-1-9-2-10(5-13)14(9,13)4-8/h8-10H,1-7H2,(H,20,21,22)/t8?,9?,10-,13?,14?/m0/s1. The number of hydrogen-bond donors (Lipinski definition) is 1. The molecule has 0 saturated heterocycles. The summed E-state index contributed by atoms with van der Waals surface area (Å²) in [5.41, 5.74) is 0.258. The first-order valence-electron chi connectivity index (χ1n) is 8.19. The van der Waals surface area contributed by atoms with Crippen LogP contribution in [0.3, 0.4) is 0 Å². The van der Waals surface area contributed by atoms with Crippen molar-refractivity contribution in [2.45, 2.75) is 37.4 Å². The van der Waals surface area contributed by atoms with Crippen LogP contribution < -0.4 is 0 Å². The molecule has 2 bridgehead atoms. The average Bonchev–Trinajstić information content (AvgIpc) is 2.97. The quantitative estimate of drug-likeness (QED) is 0.548. The molecule has 140 valence electrons. The smallest absolute Gasteiger partial charge is 0.463 e. The van der Waals surface area contributed by atoms with E-state index in [-0.39, 0.29) is 17.4 Å². The number of halogens is 2. The fraction of sp³-hybridized carbons (Fsp3) is 0.867. The van der Waals surface area contributed by atoms with Gasteiger partial charge in [0.1, 0.15) is 0 Å². The van der Waals surface area contributed by atoms with Gasteiger partial charge in [-0.05, 0) is 55.3 Å². The van der Waals surface area contributed by atoms with Crippen LogP contribution in [0.4, 0.5) is 8.78 Å². The first-order chi connectivity index (χ1) is 11.5. The van der Waals surface area contributed by atoms with Gasteiger partial charge in [-0.25, -0.2) is 9.59 Å². The van der Waals surface area contributed by atoms with Gasteiger partial charge in [-0.3, -0.25) is 4.55 Å². The molecule has 5 atom stereocenters. The van der Waals surface area contributed by atoms with Crippen molar-refractivity contribution in [2.24, 2.45) is 28.6 Å². The highest BCUT2D eigenvalue weighted by Gasteiger charge is 2.80. The molecule has 4 unspecified atom stereocenters. The van der Waals surface area contributed by atoms with E-state index in [1.807, 2.05) is 0 Å². The number of esters is 2. The second kappa shape index (κ2) is 4.91. The van der Waals surface area contributed by atoms with Gasteiger partial charge in [0, 0.05) is 5.41 Å². The molecule has 10 heteroatoms. The molecule has 1 spiro atoms. The van der Waals surface area contributed by atoms with Crippen molar-refractivity contribution in [3.8, 4) is 0 Å². The van der Waals surface area contributed by atoms with E-state index >= 15 is 0 Å². The summed E-state index contributed by atoms with van der Waals surface area (Å²) in [4.78, 5) is 22.7. The zero-order chi connectivity index (χ0) is 18.3. The third-order valence-electron chi connectivity index (χ3n) is 6.97. The second-order valence-electron chi connectivity index (χ2n) is 7.89. The fourth-order valence-corrected chi connectivity index (χ4v) is 6.50. The number of carbonyl (C=O) groups excluding carboxylic acids is 2. The minimum absolute atomic E-state index is 0.0262. The average molecular weight is 380 g/mol. The molecule has 4 rings (SSSR count). The monoisotopic (exact) mass is 380 g/mol. The minimum atomic E-state index is -5.95. The molecule has 4 aliphatic rings. The Morgan fingerprint density at radius 1 is 1.12 bits per heavy atom. The van der Waals surface area contributed by atoms with Crippen molar-refractivity contribution in [3.05, 3.63) is 0 Å². The third-order valence-corrected chi connectivity index (χ3v) is 7.78. The Balaban J connectivity index is 1.29. The van der Waals surface area contributed by atoms with Gasteiger partial charge in [-0.2, -0.15) is 17.2 Å². The minimum Gasteiger partial charge on any atom is -0.463 e. The maximum atomic E-state index is 13.0. The van der Waals surface area contributed by atoms with E-state index in [2.05, 4.69) is 4.74 Å². The van der Waals surface area contributed by atoms with Crippen LogP contribution in [0, 0.1) is 28.6 Å². The maximum absolute atomic E-state index is 13.0. The lowest BCUT2D eigenvalue weighted by Gasteiger charge is -2.72. The maximum Gasteiger partial charge on any atom is 0.465 e. The Morgan fingerprint density at radius 2 is 1.84 bits per heavy atom. The van der Waals surface area contributed by atoms with E-state index in [1.54, 1.807) is 0 Å². The summed E-state index contributed by atoms with van der Waals surface area (Å²) in [5.74, 6) is -1.44. The highest BCUT2D eigenvalue weighted by Crippen LogP contribution is 2.86. The van der Waals surface area contributed by atoms with E-state index in [4.69, 9.17) is 9.29 Å². The van der Waals surface area contributed by atoms with Crippen LogP contribution in [-0.4, -0.2) is 43.4 Å². The van der Waals surface area contributed by atoms with Crippen molar-refractivity contribution in [1.29, 1.82) is 0 Å². The Bertz CT molecular complexity index is 751. The summed E-state index contributed by atoms with van der Waals surface area (Å²) in [6.07, 6.45) is 5.68. The van der Waals surface area contributed by atoms with E-state index in [1.165, 1.54) is 19.3 Å². The molecule has 4 saturated carbocycles. The van der Waals surface area contributed by atoms with E-state index in [0.29, 0.717) is 17.8 Å². The summed E-state index contributed by atoms with van der Waals surface area (Å²) >= 11 is 0. The molecule has 0 radical (unpaired) electrons. The highest BCUT2D eigenvalue weighted by molar-refractivity contribution is 7.87. The lowest BCUT2D eigenvalue weighted by atomic mass is 9.32. The highest BCUT2D eigenvalue weighted by atomic mass is 32.2. The molecular formula is C15H18F2O7S. The lowest BCUT2D eigenvalue weighted by Crippen LogP contribution is -2.68. The summed E-state index contributed by atoms with van der Waals surface area (Å²) in [5, 5.41) is -5.12. The summed E-state index contributed by atoms with van der Waals surface area (Å²) in [7, 11) is -5.95. The van der Waals surface area contributed by atoms with Crippen LogP contribution in [0.1, 0.15) is 32.1 Å². The summed E-state index contributed by atoms with van der Waals surface area (Å²) in [6.45, 7) is -0.940. The molecule has 0 heterocycles. The number of fused-ring (bicyclic) bond motifs is 1. The Morgan fingerprint density at radius 3 is 2.44 bits per heavy atom. The molecule has 7 nitrogen and oxygen atoms in total.